The van der Waals surface area contributed by atoms with Crippen molar-refractivity contribution in [1.29, 1.82) is 0 Å². The number of rotatable bonds is 1. The summed E-state index contributed by atoms with van der Waals surface area (Å²) < 4.78 is 0. The van der Waals surface area contributed by atoms with Crippen LogP contribution in [0.15, 0.2) is 18.2 Å². The van der Waals surface area contributed by atoms with Gasteiger partial charge in [-0.3, -0.25) is 4.79 Å². The number of hydrogen-bond acceptors (Lipinski definition) is 4. The molecule has 0 bridgehead atoms. The van der Waals surface area contributed by atoms with Crippen molar-refractivity contribution in [3.8, 4) is 11.5 Å². The minimum absolute atomic E-state index is 0.00432. The van der Waals surface area contributed by atoms with Crippen molar-refractivity contribution < 1.29 is 15.0 Å². The lowest BCUT2D eigenvalue weighted by molar-refractivity contribution is 0.0786. The predicted octanol–water partition coefficient (Wildman–Crippen LogP) is 0.517. The van der Waals surface area contributed by atoms with E-state index in [0.717, 1.165) is 0 Å². The molecule has 2 unspecified atom stereocenters. The van der Waals surface area contributed by atoms with Crippen molar-refractivity contribution in [2.24, 2.45) is 11.7 Å². The first kappa shape index (κ1) is 11.7. The quantitative estimate of drug-likeness (QED) is 0.620. The lowest BCUT2D eigenvalue weighted by Gasteiger charge is -2.16. The molecule has 2 atom stereocenters. The topological polar surface area (TPSA) is 86.8 Å². The van der Waals surface area contributed by atoms with Gasteiger partial charge < -0.3 is 20.8 Å². The summed E-state index contributed by atoms with van der Waals surface area (Å²) in [4.78, 5) is 13.7. The summed E-state index contributed by atoms with van der Waals surface area (Å²) in [6, 6.07) is 4.07. The molecule has 0 aliphatic carbocycles. The largest absolute Gasteiger partial charge is 0.504 e. The number of aromatic hydroxyl groups is 2. The zero-order valence-electron chi connectivity index (χ0n) is 9.63. The molecule has 5 nitrogen and oxygen atoms in total. The highest BCUT2D eigenvalue weighted by Crippen LogP contribution is 2.26. The van der Waals surface area contributed by atoms with Crippen LogP contribution >= 0.6 is 0 Å². The van der Waals surface area contributed by atoms with Crippen LogP contribution in [0.5, 0.6) is 11.5 Å². The average Bonchev–Trinajstić information content (AvgIpc) is 2.62. The number of nitrogens with two attached hydrogens (primary N) is 1. The molecule has 0 saturated carbocycles. The lowest BCUT2D eigenvalue weighted by Crippen LogP contribution is -2.32. The van der Waals surface area contributed by atoms with Gasteiger partial charge in [-0.05, 0) is 24.1 Å². The highest BCUT2D eigenvalue weighted by atomic mass is 16.3. The fourth-order valence-corrected chi connectivity index (χ4v) is 2.00. The van der Waals surface area contributed by atoms with E-state index >= 15 is 0 Å². The minimum atomic E-state index is -0.285. The van der Waals surface area contributed by atoms with E-state index in [1.54, 1.807) is 4.90 Å². The molecule has 0 aromatic heterocycles. The van der Waals surface area contributed by atoms with Gasteiger partial charge in [0.1, 0.15) is 0 Å². The molecule has 1 aliphatic heterocycles. The summed E-state index contributed by atoms with van der Waals surface area (Å²) in [7, 11) is 0. The Bertz CT molecular complexity index is 437. The smallest absolute Gasteiger partial charge is 0.254 e. The monoisotopic (exact) mass is 236 g/mol. The molecule has 1 amide bonds. The molecule has 1 heterocycles. The molecule has 92 valence electrons. The van der Waals surface area contributed by atoms with E-state index in [9.17, 15) is 15.0 Å². The van der Waals surface area contributed by atoms with Gasteiger partial charge in [0.05, 0.1) is 0 Å². The fourth-order valence-electron chi connectivity index (χ4n) is 2.00. The average molecular weight is 236 g/mol. The third-order valence-corrected chi connectivity index (χ3v) is 3.18. The molecule has 1 aliphatic rings. The summed E-state index contributed by atoms with van der Waals surface area (Å²) in [5.74, 6) is -0.398. The normalized spacial score (nSPS) is 24.0. The van der Waals surface area contributed by atoms with Crippen molar-refractivity contribution in [3.63, 3.8) is 0 Å². The van der Waals surface area contributed by atoms with Crippen LogP contribution in [0.4, 0.5) is 0 Å². The Morgan fingerprint density at radius 3 is 2.59 bits per heavy atom. The van der Waals surface area contributed by atoms with Crippen LogP contribution in [0.25, 0.3) is 0 Å². The van der Waals surface area contributed by atoms with Crippen LogP contribution in [0.3, 0.4) is 0 Å². The zero-order valence-corrected chi connectivity index (χ0v) is 9.63. The Morgan fingerprint density at radius 2 is 2.06 bits per heavy atom. The number of phenols is 2. The molecule has 4 N–H and O–H groups in total. The molecular formula is C12H16N2O3. The maximum Gasteiger partial charge on any atom is 0.254 e. The molecule has 1 fully saturated rings. The van der Waals surface area contributed by atoms with Crippen molar-refractivity contribution in [2.75, 3.05) is 13.1 Å². The van der Waals surface area contributed by atoms with E-state index in [-0.39, 0.29) is 29.4 Å². The minimum Gasteiger partial charge on any atom is -0.504 e. The van der Waals surface area contributed by atoms with Crippen LogP contribution in [0.2, 0.25) is 0 Å². The third kappa shape index (κ3) is 2.19. The summed E-state index contributed by atoms with van der Waals surface area (Å²) >= 11 is 0. The first-order valence-corrected chi connectivity index (χ1v) is 5.56. The molecule has 2 rings (SSSR count). The Labute approximate surface area is 99.5 Å². The zero-order chi connectivity index (χ0) is 12.6. The second-order valence-electron chi connectivity index (χ2n) is 4.55. The van der Waals surface area contributed by atoms with Gasteiger partial charge in [0.15, 0.2) is 11.5 Å². The Balaban J connectivity index is 2.17. The van der Waals surface area contributed by atoms with Crippen LogP contribution in [0, 0.1) is 5.92 Å². The number of likely N-dealkylation sites (tertiary alicyclic amines) is 1. The number of hydrogen-bond donors (Lipinski definition) is 3. The number of nitrogens with zero attached hydrogens (tertiary/aromatic N) is 1. The molecule has 0 radical (unpaired) electrons. The Kier molecular flexibility index (Phi) is 2.93. The second kappa shape index (κ2) is 4.25. The molecule has 0 spiro atoms. The van der Waals surface area contributed by atoms with Crippen LogP contribution in [-0.2, 0) is 0 Å². The summed E-state index contributed by atoms with van der Waals surface area (Å²) in [6.45, 7) is 3.16. The molecule has 1 aromatic carbocycles. The lowest BCUT2D eigenvalue weighted by atomic mass is 10.1. The van der Waals surface area contributed by atoms with Crippen molar-refractivity contribution in [2.45, 2.75) is 13.0 Å². The highest BCUT2D eigenvalue weighted by molar-refractivity contribution is 5.95. The van der Waals surface area contributed by atoms with Crippen molar-refractivity contribution in [1.82, 2.24) is 4.90 Å². The predicted molar refractivity (Wildman–Crippen MR) is 62.8 cm³/mol. The van der Waals surface area contributed by atoms with Gasteiger partial charge in [0, 0.05) is 24.7 Å². The van der Waals surface area contributed by atoms with Gasteiger partial charge in [0.2, 0.25) is 0 Å². The maximum absolute atomic E-state index is 12.1. The van der Waals surface area contributed by atoms with E-state index in [1.807, 2.05) is 6.92 Å². The van der Waals surface area contributed by atoms with Crippen LogP contribution < -0.4 is 5.73 Å². The van der Waals surface area contributed by atoms with Crippen molar-refractivity contribution >= 4 is 5.91 Å². The first-order valence-electron chi connectivity index (χ1n) is 5.56. The summed E-state index contributed by atoms with van der Waals surface area (Å²) in [5.41, 5.74) is 6.22. The van der Waals surface area contributed by atoms with Gasteiger partial charge in [-0.2, -0.15) is 0 Å². The second-order valence-corrected chi connectivity index (χ2v) is 4.55. The fraction of sp³-hybridized carbons (Fsp3) is 0.417. The summed E-state index contributed by atoms with van der Waals surface area (Å²) in [6.07, 6.45) is 0. The van der Waals surface area contributed by atoms with E-state index < -0.39 is 0 Å². The molecule has 5 heteroatoms. The third-order valence-electron chi connectivity index (χ3n) is 3.18. The van der Waals surface area contributed by atoms with Crippen molar-refractivity contribution in [3.05, 3.63) is 23.8 Å². The molecular weight excluding hydrogens is 220 g/mol. The number of amides is 1. The highest BCUT2D eigenvalue weighted by Gasteiger charge is 2.30. The van der Waals surface area contributed by atoms with Gasteiger partial charge in [-0.15, -0.1) is 0 Å². The van der Waals surface area contributed by atoms with Gasteiger partial charge >= 0.3 is 0 Å². The SMILES string of the molecule is CC1CN(C(=O)c2ccc(O)c(O)c2)CC1N. The number of benzene rings is 1. The van der Waals surface area contributed by atoms with E-state index in [4.69, 9.17) is 5.73 Å². The first-order chi connectivity index (χ1) is 7.99. The molecule has 1 aromatic rings. The van der Waals surface area contributed by atoms with Gasteiger partial charge in [-0.25, -0.2) is 0 Å². The maximum atomic E-state index is 12.1. The number of phenolic OH excluding ortho intramolecular Hbond substituents is 2. The Hall–Kier alpha value is -1.75. The van der Waals surface area contributed by atoms with Gasteiger partial charge in [0.25, 0.3) is 5.91 Å². The standard InChI is InChI=1S/C12H16N2O3/c1-7-5-14(6-9(7)13)12(17)8-2-3-10(15)11(16)4-8/h2-4,7,9,15-16H,5-6,13H2,1H3. The molecule has 1 saturated heterocycles. The van der Waals surface area contributed by atoms with E-state index in [0.29, 0.717) is 18.7 Å². The number of carbonyl (C=O) groups is 1. The van der Waals surface area contributed by atoms with E-state index in [2.05, 4.69) is 0 Å². The number of carbonyl (C=O) groups excluding carboxylic acids is 1. The summed E-state index contributed by atoms with van der Waals surface area (Å²) in [5, 5.41) is 18.5. The Morgan fingerprint density at radius 1 is 1.35 bits per heavy atom. The molecule has 17 heavy (non-hydrogen) atoms. The van der Waals surface area contributed by atoms with Gasteiger partial charge in [-0.1, -0.05) is 6.92 Å². The van der Waals surface area contributed by atoms with Crippen LogP contribution in [-0.4, -0.2) is 40.2 Å². The van der Waals surface area contributed by atoms with E-state index in [1.165, 1.54) is 18.2 Å². The van der Waals surface area contributed by atoms with Crippen LogP contribution in [0.1, 0.15) is 17.3 Å².